The van der Waals surface area contributed by atoms with Crippen LogP contribution >= 0.6 is 31.9 Å². The third-order valence-electron chi connectivity index (χ3n) is 3.06. The van der Waals surface area contributed by atoms with Gasteiger partial charge in [0.15, 0.2) is 0 Å². The average Bonchev–Trinajstić information content (AvgIpc) is 2.80. The Morgan fingerprint density at radius 1 is 1.29 bits per heavy atom. The summed E-state index contributed by atoms with van der Waals surface area (Å²) in [6, 6.07) is 3.71. The lowest BCUT2D eigenvalue weighted by atomic mass is 10.1. The summed E-state index contributed by atoms with van der Waals surface area (Å²) in [5.74, 6) is -1.29. The van der Waals surface area contributed by atoms with Gasteiger partial charge in [-0.2, -0.15) is 0 Å². The molecular formula is C14H14Br2N2O3. The Morgan fingerprint density at radius 2 is 1.95 bits per heavy atom. The molecule has 0 saturated heterocycles. The number of carbonyl (C=O) groups excluding carboxylic acids is 1. The van der Waals surface area contributed by atoms with E-state index in [1.165, 1.54) is 4.90 Å². The topological polar surface area (TPSA) is 73.4 Å². The molecule has 0 saturated carbocycles. The van der Waals surface area contributed by atoms with Crippen LogP contribution in [-0.4, -0.2) is 40.0 Å². The molecule has 0 bridgehead atoms. The van der Waals surface area contributed by atoms with E-state index in [4.69, 9.17) is 5.11 Å². The van der Waals surface area contributed by atoms with Gasteiger partial charge in [0.05, 0.1) is 5.56 Å². The van der Waals surface area contributed by atoms with Crippen molar-refractivity contribution in [3.8, 4) is 0 Å². The van der Waals surface area contributed by atoms with E-state index in [1.807, 2.05) is 19.1 Å². The molecule has 0 fully saturated rings. The normalized spacial score (nSPS) is 10.8. The Hall–Kier alpha value is -1.34. The summed E-state index contributed by atoms with van der Waals surface area (Å²) in [5.41, 5.74) is 1.30. The standard InChI is InChI=1S/C14H14Br2N2O3/c1-2-3-18(7-13(19)20)14(21)9-6-17-12-5-11(16)10(15)4-8(9)12/h4-6,17H,2-3,7H2,1H3,(H,19,20). The fraction of sp³-hybridized carbons (Fsp3) is 0.286. The number of aromatic amines is 1. The van der Waals surface area contributed by atoms with Crippen molar-refractivity contribution in [2.24, 2.45) is 0 Å². The van der Waals surface area contributed by atoms with E-state index in [0.717, 1.165) is 19.8 Å². The number of halogens is 2. The number of benzene rings is 1. The van der Waals surface area contributed by atoms with Crippen LogP contribution < -0.4 is 0 Å². The molecule has 1 heterocycles. The second-order valence-corrected chi connectivity index (χ2v) is 6.34. The number of nitrogens with zero attached hydrogens (tertiary/aromatic N) is 1. The summed E-state index contributed by atoms with van der Waals surface area (Å²) in [7, 11) is 0. The molecule has 1 aromatic heterocycles. The molecule has 0 spiro atoms. The number of amides is 1. The highest BCUT2D eigenvalue weighted by Crippen LogP contribution is 2.30. The monoisotopic (exact) mass is 416 g/mol. The molecular weight excluding hydrogens is 404 g/mol. The van der Waals surface area contributed by atoms with Crippen molar-refractivity contribution in [3.05, 3.63) is 32.8 Å². The predicted octanol–water partition coefficient (Wildman–Crippen LogP) is 3.63. The zero-order chi connectivity index (χ0) is 15.6. The Morgan fingerprint density at radius 3 is 2.57 bits per heavy atom. The minimum absolute atomic E-state index is 0.278. The lowest BCUT2D eigenvalue weighted by molar-refractivity contribution is -0.137. The maximum absolute atomic E-state index is 12.6. The number of aromatic nitrogens is 1. The number of aliphatic carboxylic acids is 1. The maximum Gasteiger partial charge on any atom is 0.323 e. The molecule has 112 valence electrons. The Bertz CT molecular complexity index is 697. The number of hydrogen-bond acceptors (Lipinski definition) is 2. The minimum atomic E-state index is -1.01. The summed E-state index contributed by atoms with van der Waals surface area (Å²) in [5, 5.41) is 9.70. The first-order valence-corrected chi connectivity index (χ1v) is 7.99. The maximum atomic E-state index is 12.6. The fourth-order valence-corrected chi connectivity index (χ4v) is 2.84. The first-order valence-electron chi connectivity index (χ1n) is 6.41. The van der Waals surface area contributed by atoms with Crippen LogP contribution in [0.4, 0.5) is 0 Å². The van der Waals surface area contributed by atoms with Crippen LogP contribution in [0.3, 0.4) is 0 Å². The van der Waals surface area contributed by atoms with Gasteiger partial charge in [0.25, 0.3) is 5.91 Å². The number of nitrogens with one attached hydrogen (secondary N) is 1. The van der Waals surface area contributed by atoms with Gasteiger partial charge in [0.2, 0.25) is 0 Å². The molecule has 21 heavy (non-hydrogen) atoms. The molecule has 0 unspecified atom stereocenters. The molecule has 1 amide bonds. The Labute approximate surface area is 138 Å². The number of rotatable bonds is 5. The summed E-state index contributed by atoms with van der Waals surface area (Å²) < 4.78 is 1.72. The molecule has 7 heteroatoms. The van der Waals surface area contributed by atoms with Gasteiger partial charge in [-0.25, -0.2) is 0 Å². The lowest BCUT2D eigenvalue weighted by Gasteiger charge is -2.19. The number of fused-ring (bicyclic) bond motifs is 1. The van der Waals surface area contributed by atoms with Gasteiger partial charge >= 0.3 is 5.97 Å². The summed E-state index contributed by atoms with van der Waals surface area (Å²) in [6.45, 7) is 2.03. The molecule has 0 aliphatic heterocycles. The fourth-order valence-electron chi connectivity index (χ4n) is 2.15. The quantitative estimate of drug-likeness (QED) is 0.779. The van der Waals surface area contributed by atoms with Crippen molar-refractivity contribution in [2.45, 2.75) is 13.3 Å². The molecule has 5 nitrogen and oxygen atoms in total. The molecule has 0 radical (unpaired) electrons. The number of carboxylic acids is 1. The van der Waals surface area contributed by atoms with Crippen LogP contribution in [0, 0.1) is 0 Å². The lowest BCUT2D eigenvalue weighted by Crippen LogP contribution is -2.36. The number of carboxylic acid groups (broad SMARTS) is 1. The van der Waals surface area contributed by atoms with Gasteiger partial charge in [-0.3, -0.25) is 9.59 Å². The van der Waals surface area contributed by atoms with Gasteiger partial charge in [0, 0.05) is 32.6 Å². The van der Waals surface area contributed by atoms with Crippen molar-refractivity contribution in [1.29, 1.82) is 0 Å². The van der Waals surface area contributed by atoms with Crippen molar-refractivity contribution >= 4 is 54.6 Å². The molecule has 0 aliphatic rings. The van der Waals surface area contributed by atoms with Crippen molar-refractivity contribution in [1.82, 2.24) is 9.88 Å². The largest absolute Gasteiger partial charge is 0.480 e. The first kappa shape index (κ1) is 16.0. The Balaban J connectivity index is 2.42. The first-order chi connectivity index (χ1) is 9.93. The van der Waals surface area contributed by atoms with E-state index in [9.17, 15) is 9.59 Å². The van der Waals surface area contributed by atoms with E-state index >= 15 is 0 Å². The van der Waals surface area contributed by atoms with Crippen LogP contribution in [0.15, 0.2) is 27.3 Å². The predicted molar refractivity (Wildman–Crippen MR) is 87.5 cm³/mol. The Kier molecular flexibility index (Phi) is 5.05. The van der Waals surface area contributed by atoms with Crippen molar-refractivity contribution in [3.63, 3.8) is 0 Å². The molecule has 1 aromatic carbocycles. The van der Waals surface area contributed by atoms with Crippen LogP contribution in [0.1, 0.15) is 23.7 Å². The van der Waals surface area contributed by atoms with Crippen LogP contribution in [0.2, 0.25) is 0 Å². The molecule has 0 atom stereocenters. The average molecular weight is 418 g/mol. The second-order valence-electron chi connectivity index (χ2n) is 4.63. The molecule has 2 aromatic rings. The summed E-state index contributed by atoms with van der Waals surface area (Å²) >= 11 is 6.82. The number of hydrogen-bond donors (Lipinski definition) is 2. The van der Waals surface area contributed by atoms with Crippen LogP contribution in [0.25, 0.3) is 10.9 Å². The molecule has 0 aliphatic carbocycles. The SMILES string of the molecule is CCCN(CC(=O)O)C(=O)c1c[nH]c2cc(Br)c(Br)cc12. The van der Waals surface area contributed by atoms with E-state index in [1.54, 1.807) is 6.20 Å². The van der Waals surface area contributed by atoms with Gasteiger partial charge in [-0.15, -0.1) is 0 Å². The smallest absolute Gasteiger partial charge is 0.323 e. The highest BCUT2D eigenvalue weighted by atomic mass is 79.9. The highest BCUT2D eigenvalue weighted by Gasteiger charge is 2.21. The van der Waals surface area contributed by atoms with E-state index in [0.29, 0.717) is 18.5 Å². The van der Waals surface area contributed by atoms with Gasteiger partial charge < -0.3 is 15.0 Å². The number of H-pyrrole nitrogens is 1. The van der Waals surface area contributed by atoms with Crippen LogP contribution in [-0.2, 0) is 4.79 Å². The number of carbonyl (C=O) groups is 2. The molecule has 2 rings (SSSR count). The van der Waals surface area contributed by atoms with E-state index < -0.39 is 5.97 Å². The van der Waals surface area contributed by atoms with Gasteiger partial charge in [0.1, 0.15) is 6.54 Å². The zero-order valence-electron chi connectivity index (χ0n) is 11.3. The molecule has 2 N–H and O–H groups in total. The third-order valence-corrected chi connectivity index (χ3v) is 4.90. The zero-order valence-corrected chi connectivity index (χ0v) is 14.5. The van der Waals surface area contributed by atoms with E-state index in [2.05, 4.69) is 36.8 Å². The van der Waals surface area contributed by atoms with E-state index in [-0.39, 0.29) is 12.5 Å². The van der Waals surface area contributed by atoms with Crippen molar-refractivity contribution in [2.75, 3.05) is 13.1 Å². The third kappa shape index (κ3) is 3.47. The van der Waals surface area contributed by atoms with Gasteiger partial charge in [-0.1, -0.05) is 6.92 Å². The van der Waals surface area contributed by atoms with Gasteiger partial charge in [-0.05, 0) is 50.4 Å². The summed E-state index contributed by atoms with van der Waals surface area (Å²) in [4.78, 5) is 27.9. The second kappa shape index (κ2) is 6.62. The minimum Gasteiger partial charge on any atom is -0.480 e. The van der Waals surface area contributed by atoms with Crippen LogP contribution in [0.5, 0.6) is 0 Å². The highest BCUT2D eigenvalue weighted by molar-refractivity contribution is 9.13. The summed E-state index contributed by atoms with van der Waals surface area (Å²) in [6.07, 6.45) is 2.33. The van der Waals surface area contributed by atoms with Crippen molar-refractivity contribution < 1.29 is 14.7 Å².